The monoisotopic (exact) mass is 563 g/mol. The zero-order valence-corrected chi connectivity index (χ0v) is 24.9. The average Bonchev–Trinajstić information content (AvgIpc) is 3.35. The van der Waals surface area contributed by atoms with Gasteiger partial charge in [-0.1, -0.05) is 84.9 Å². The largest absolute Gasteiger partial charge is 0.353 e. The van der Waals surface area contributed by atoms with E-state index in [1.165, 1.54) is 34.1 Å². The molecule has 4 nitrogen and oxygen atoms in total. The van der Waals surface area contributed by atoms with Crippen LogP contribution in [0, 0.1) is 0 Å². The van der Waals surface area contributed by atoms with E-state index in [2.05, 4.69) is 88.3 Å². The first-order chi connectivity index (χ1) is 20.1. The first-order valence-corrected chi connectivity index (χ1v) is 15.9. The van der Waals surface area contributed by atoms with E-state index >= 15 is 0 Å². The number of hydrogen-bond donors (Lipinski definition) is 1. The normalized spacial score (nSPS) is 19.5. The fourth-order valence-electron chi connectivity index (χ4n) is 6.86. The van der Waals surface area contributed by atoms with Gasteiger partial charge in [0, 0.05) is 36.0 Å². The maximum Gasteiger partial charge on any atom is 0.224 e. The molecule has 4 aromatic carbocycles. The van der Waals surface area contributed by atoms with Crippen LogP contribution in [0.5, 0.6) is 0 Å². The van der Waals surface area contributed by atoms with Crippen LogP contribution in [0.3, 0.4) is 0 Å². The number of carbonyl (C=O) groups excluding carboxylic acids is 1. The van der Waals surface area contributed by atoms with Crippen LogP contribution in [0.25, 0.3) is 10.8 Å². The van der Waals surface area contributed by atoms with Crippen molar-refractivity contribution in [3.63, 3.8) is 0 Å². The van der Waals surface area contributed by atoms with Gasteiger partial charge in [0.05, 0.1) is 6.42 Å². The van der Waals surface area contributed by atoms with Crippen LogP contribution in [0.1, 0.15) is 42.4 Å². The number of likely N-dealkylation sites (tertiary alicyclic amines) is 1. The Hall–Kier alpha value is -3.12. The van der Waals surface area contributed by atoms with Crippen molar-refractivity contribution in [3.05, 3.63) is 114 Å². The number of nitrogens with one attached hydrogen (secondary N) is 1. The molecule has 1 amide bonds. The van der Waals surface area contributed by atoms with Gasteiger partial charge in [0.1, 0.15) is 0 Å². The molecule has 1 heterocycles. The Morgan fingerprint density at radius 3 is 2.49 bits per heavy atom. The highest BCUT2D eigenvalue weighted by Gasteiger charge is 2.40. The molecule has 1 unspecified atom stereocenters. The Morgan fingerprint density at radius 2 is 1.66 bits per heavy atom. The predicted octanol–water partition coefficient (Wildman–Crippen LogP) is 6.88. The molecule has 0 aromatic heterocycles. The second-order valence-electron chi connectivity index (χ2n) is 11.9. The van der Waals surface area contributed by atoms with Crippen LogP contribution in [0.4, 0.5) is 0 Å². The van der Waals surface area contributed by atoms with Gasteiger partial charge in [0.15, 0.2) is 0 Å². The molecule has 1 atom stereocenters. The fourth-order valence-corrected chi connectivity index (χ4v) is 7.84. The molecule has 1 aliphatic heterocycles. The number of hydrogen-bond acceptors (Lipinski definition) is 4. The smallest absolute Gasteiger partial charge is 0.224 e. The highest BCUT2D eigenvalue weighted by Crippen LogP contribution is 2.43. The maximum atomic E-state index is 12.6. The fraction of sp³-hybridized carbons (Fsp3) is 0.361. The standard InChI is InChI=1S/C36H41N3OS/c1-38(41-33-16-15-29-11-5-6-13-31(29)26-33)27-36(20-17-30-12-7-8-14-34(30)36)21-24-39-22-18-32(19-23-39)37-35(40)25-28-9-3-2-4-10-28/h2-16,26,32H,17-25,27H2,1H3,(H,37,40). The summed E-state index contributed by atoms with van der Waals surface area (Å²) in [5, 5.41) is 5.88. The third-order valence-corrected chi connectivity index (χ3v) is 9.94. The summed E-state index contributed by atoms with van der Waals surface area (Å²) in [7, 11) is 2.26. The minimum absolute atomic E-state index is 0.142. The van der Waals surface area contributed by atoms with Gasteiger partial charge in [0.2, 0.25) is 5.91 Å². The zero-order valence-electron chi connectivity index (χ0n) is 24.1. The molecule has 0 radical (unpaired) electrons. The molecular formula is C36H41N3OS. The lowest BCUT2D eigenvalue weighted by atomic mass is 9.78. The van der Waals surface area contributed by atoms with Crippen LogP contribution in [-0.4, -0.2) is 54.4 Å². The summed E-state index contributed by atoms with van der Waals surface area (Å²) < 4.78 is 2.46. The molecule has 41 heavy (non-hydrogen) atoms. The van der Waals surface area contributed by atoms with Crippen molar-refractivity contribution >= 4 is 28.6 Å². The van der Waals surface area contributed by atoms with Crippen molar-refractivity contribution in [2.45, 2.75) is 54.9 Å². The lowest BCUT2D eigenvalue weighted by Gasteiger charge is -2.38. The summed E-state index contributed by atoms with van der Waals surface area (Å²) in [6.07, 6.45) is 6.07. The van der Waals surface area contributed by atoms with Gasteiger partial charge in [-0.15, -0.1) is 0 Å². The highest BCUT2D eigenvalue weighted by atomic mass is 32.2. The number of benzene rings is 4. The summed E-state index contributed by atoms with van der Waals surface area (Å²) in [4.78, 5) is 16.5. The van der Waals surface area contributed by atoms with Gasteiger partial charge in [-0.3, -0.25) is 4.79 Å². The average molecular weight is 564 g/mol. The molecular weight excluding hydrogens is 522 g/mol. The number of nitrogens with zero attached hydrogens (tertiary/aromatic N) is 2. The van der Waals surface area contributed by atoms with E-state index in [1.54, 1.807) is 5.56 Å². The van der Waals surface area contributed by atoms with Gasteiger partial charge in [-0.2, -0.15) is 0 Å². The number of rotatable bonds is 10. The first-order valence-electron chi connectivity index (χ1n) is 15.1. The minimum atomic E-state index is 0.142. The SMILES string of the molecule is CN(CC1(CCN2CCC(NC(=O)Cc3ccccc3)CC2)CCc2ccccc21)Sc1ccc2ccccc2c1. The van der Waals surface area contributed by atoms with Crippen molar-refractivity contribution in [2.24, 2.45) is 0 Å². The van der Waals surface area contributed by atoms with Crippen molar-refractivity contribution in [2.75, 3.05) is 33.2 Å². The van der Waals surface area contributed by atoms with Crippen molar-refractivity contribution in [1.29, 1.82) is 0 Å². The van der Waals surface area contributed by atoms with E-state index in [1.807, 2.05) is 42.3 Å². The van der Waals surface area contributed by atoms with Crippen molar-refractivity contribution in [3.8, 4) is 0 Å². The lowest BCUT2D eigenvalue weighted by Crippen LogP contribution is -2.46. The van der Waals surface area contributed by atoms with E-state index < -0.39 is 0 Å². The van der Waals surface area contributed by atoms with Crippen LogP contribution < -0.4 is 5.32 Å². The Bertz CT molecular complexity index is 1470. The Balaban J connectivity index is 1.06. The zero-order chi connectivity index (χ0) is 28.1. The van der Waals surface area contributed by atoms with Gasteiger partial charge in [-0.05, 0) is 97.2 Å². The molecule has 1 saturated heterocycles. The molecule has 1 fully saturated rings. The molecule has 4 aromatic rings. The van der Waals surface area contributed by atoms with E-state index in [9.17, 15) is 4.79 Å². The van der Waals surface area contributed by atoms with E-state index in [0.29, 0.717) is 6.42 Å². The predicted molar refractivity (Wildman–Crippen MR) is 171 cm³/mol. The number of amides is 1. The third kappa shape index (κ3) is 6.86. The van der Waals surface area contributed by atoms with Crippen LogP contribution in [0.15, 0.2) is 102 Å². The molecule has 0 saturated carbocycles. The van der Waals surface area contributed by atoms with Crippen molar-refractivity contribution in [1.82, 2.24) is 14.5 Å². The minimum Gasteiger partial charge on any atom is -0.353 e. The van der Waals surface area contributed by atoms with E-state index in [4.69, 9.17) is 0 Å². The van der Waals surface area contributed by atoms with Crippen LogP contribution >= 0.6 is 11.9 Å². The summed E-state index contributed by atoms with van der Waals surface area (Å²) >= 11 is 1.87. The second-order valence-corrected chi connectivity index (χ2v) is 13.2. The molecule has 0 bridgehead atoms. The summed E-state index contributed by atoms with van der Waals surface area (Å²) in [5.74, 6) is 0.142. The highest BCUT2D eigenvalue weighted by molar-refractivity contribution is 7.97. The third-order valence-electron chi connectivity index (χ3n) is 9.04. The lowest BCUT2D eigenvalue weighted by molar-refractivity contribution is -0.121. The van der Waals surface area contributed by atoms with Gasteiger partial charge >= 0.3 is 0 Å². The molecule has 1 aliphatic carbocycles. The number of fused-ring (bicyclic) bond motifs is 2. The number of likely N-dealkylation sites (N-methyl/N-ethyl adjacent to an activating group) is 1. The molecule has 0 spiro atoms. The van der Waals surface area contributed by atoms with Gasteiger partial charge in [-0.25, -0.2) is 4.31 Å². The Morgan fingerprint density at radius 1 is 0.927 bits per heavy atom. The van der Waals surface area contributed by atoms with Gasteiger partial charge in [0.25, 0.3) is 0 Å². The topological polar surface area (TPSA) is 35.6 Å². The van der Waals surface area contributed by atoms with Gasteiger partial charge < -0.3 is 10.2 Å². The quantitative estimate of drug-likeness (QED) is 0.214. The Labute approximate surface area is 249 Å². The summed E-state index contributed by atoms with van der Waals surface area (Å²) in [6.45, 7) is 4.24. The molecule has 5 heteroatoms. The van der Waals surface area contributed by atoms with Crippen molar-refractivity contribution < 1.29 is 4.79 Å². The Kier molecular flexibility index (Phi) is 8.75. The number of aryl methyl sites for hydroxylation is 1. The molecule has 2 aliphatic rings. The molecule has 1 N–H and O–H groups in total. The van der Waals surface area contributed by atoms with Crippen LogP contribution in [-0.2, 0) is 23.1 Å². The summed E-state index contributed by atoms with van der Waals surface area (Å²) in [5.41, 5.74) is 4.31. The maximum absolute atomic E-state index is 12.6. The van der Waals surface area contributed by atoms with E-state index in [-0.39, 0.29) is 17.4 Å². The second kappa shape index (κ2) is 12.8. The number of piperidine rings is 1. The van der Waals surface area contributed by atoms with E-state index in [0.717, 1.165) is 51.0 Å². The first kappa shape index (κ1) is 28.0. The molecule has 6 rings (SSSR count). The summed E-state index contributed by atoms with van der Waals surface area (Å²) in [6, 6.07) is 34.9. The number of carbonyl (C=O) groups is 1. The van der Waals surface area contributed by atoms with Crippen LogP contribution in [0.2, 0.25) is 0 Å². The molecule has 212 valence electrons.